The Morgan fingerprint density at radius 3 is 2.33 bits per heavy atom. The maximum absolute atomic E-state index is 11.9. The number of ether oxygens (including phenoxy) is 2. The van der Waals surface area contributed by atoms with Gasteiger partial charge in [-0.3, -0.25) is 9.59 Å². The molecule has 18 heavy (non-hydrogen) atoms. The Kier molecular flexibility index (Phi) is 4.70. The molecular weight excluding hydrogens is 238 g/mol. The van der Waals surface area contributed by atoms with E-state index in [1.165, 1.54) is 7.11 Å². The Balaban J connectivity index is 2.45. The first-order valence-corrected chi connectivity index (χ1v) is 5.88. The van der Waals surface area contributed by atoms with Crippen molar-refractivity contribution >= 4 is 11.9 Å². The second-order valence-electron chi connectivity index (χ2n) is 5.17. The van der Waals surface area contributed by atoms with Crippen LogP contribution in [0.3, 0.4) is 0 Å². The van der Waals surface area contributed by atoms with Gasteiger partial charge in [0.25, 0.3) is 0 Å². The van der Waals surface area contributed by atoms with Crippen molar-refractivity contribution in [2.45, 2.75) is 20.0 Å². The number of nitrogens with one attached hydrogen (secondary N) is 1. The standard InChI is InChI=1S/C12H21NO5/c1-12(2)8(9(12)11(15)16)10(14)13-5-7(18-4)6-17-3/h7-9H,5-6H2,1-4H3,(H,13,14)(H,15,16)/t7?,8-,9+/m1/s1. The monoisotopic (exact) mass is 259 g/mol. The Hall–Kier alpha value is -1.14. The molecule has 1 saturated carbocycles. The summed E-state index contributed by atoms with van der Waals surface area (Å²) in [5.41, 5.74) is -0.472. The van der Waals surface area contributed by atoms with Crippen LogP contribution in [0.2, 0.25) is 0 Å². The molecular formula is C12H21NO5. The zero-order chi connectivity index (χ0) is 13.9. The van der Waals surface area contributed by atoms with Crippen LogP contribution in [0.5, 0.6) is 0 Å². The van der Waals surface area contributed by atoms with Crippen LogP contribution in [0.15, 0.2) is 0 Å². The summed E-state index contributed by atoms with van der Waals surface area (Å²) in [7, 11) is 3.09. The number of aliphatic carboxylic acids is 1. The van der Waals surface area contributed by atoms with Crippen LogP contribution in [0, 0.1) is 17.3 Å². The molecule has 0 aliphatic heterocycles. The van der Waals surface area contributed by atoms with E-state index in [4.69, 9.17) is 14.6 Å². The highest BCUT2D eigenvalue weighted by molar-refractivity contribution is 5.91. The van der Waals surface area contributed by atoms with Crippen molar-refractivity contribution in [2.75, 3.05) is 27.4 Å². The Morgan fingerprint density at radius 2 is 1.94 bits per heavy atom. The molecule has 1 aliphatic carbocycles. The van der Waals surface area contributed by atoms with Crippen molar-refractivity contribution in [3.8, 4) is 0 Å². The largest absolute Gasteiger partial charge is 0.481 e. The number of carbonyl (C=O) groups excluding carboxylic acids is 1. The highest BCUT2D eigenvalue weighted by Crippen LogP contribution is 2.58. The van der Waals surface area contributed by atoms with E-state index in [-0.39, 0.29) is 12.0 Å². The second-order valence-corrected chi connectivity index (χ2v) is 5.17. The van der Waals surface area contributed by atoms with E-state index in [1.807, 2.05) is 0 Å². The minimum absolute atomic E-state index is 0.218. The molecule has 6 heteroatoms. The van der Waals surface area contributed by atoms with Crippen molar-refractivity contribution in [2.24, 2.45) is 17.3 Å². The van der Waals surface area contributed by atoms with E-state index in [9.17, 15) is 9.59 Å². The summed E-state index contributed by atoms with van der Waals surface area (Å²) in [6.07, 6.45) is -0.218. The van der Waals surface area contributed by atoms with Crippen LogP contribution in [0.25, 0.3) is 0 Å². The molecule has 104 valence electrons. The Morgan fingerprint density at radius 1 is 1.33 bits per heavy atom. The third-order valence-electron chi connectivity index (χ3n) is 3.57. The normalized spacial score (nSPS) is 26.4. The van der Waals surface area contributed by atoms with Crippen molar-refractivity contribution in [1.82, 2.24) is 5.32 Å². The molecule has 3 atom stereocenters. The average Bonchev–Trinajstić information content (AvgIpc) is 2.87. The lowest BCUT2D eigenvalue weighted by Gasteiger charge is -2.15. The quantitative estimate of drug-likeness (QED) is 0.678. The molecule has 0 heterocycles. The maximum atomic E-state index is 11.9. The predicted octanol–water partition coefficient (Wildman–Crippen LogP) is 0.121. The van der Waals surface area contributed by atoms with Gasteiger partial charge in [-0.1, -0.05) is 13.8 Å². The summed E-state index contributed by atoms with van der Waals surface area (Å²) in [4.78, 5) is 22.9. The molecule has 0 aromatic carbocycles. The second kappa shape index (κ2) is 5.67. The van der Waals surface area contributed by atoms with Crippen LogP contribution in [0.1, 0.15) is 13.8 Å². The minimum atomic E-state index is -0.916. The first-order valence-electron chi connectivity index (χ1n) is 5.88. The molecule has 1 fully saturated rings. The van der Waals surface area contributed by atoms with Gasteiger partial charge in [0.15, 0.2) is 0 Å². The third kappa shape index (κ3) is 3.00. The number of hydrogen-bond acceptors (Lipinski definition) is 4. The topological polar surface area (TPSA) is 84.9 Å². The molecule has 1 aliphatic rings. The Bertz CT molecular complexity index is 328. The fraction of sp³-hybridized carbons (Fsp3) is 0.833. The smallest absolute Gasteiger partial charge is 0.307 e. The van der Waals surface area contributed by atoms with Gasteiger partial charge in [-0.2, -0.15) is 0 Å². The van der Waals surface area contributed by atoms with Gasteiger partial charge in [0.05, 0.1) is 24.5 Å². The molecule has 0 saturated heterocycles. The fourth-order valence-electron chi connectivity index (χ4n) is 2.31. The fourth-order valence-corrected chi connectivity index (χ4v) is 2.31. The van der Waals surface area contributed by atoms with Gasteiger partial charge in [0.2, 0.25) is 5.91 Å². The molecule has 6 nitrogen and oxygen atoms in total. The summed E-state index contributed by atoms with van der Waals surface area (Å²) < 4.78 is 10.0. The molecule has 1 rings (SSSR count). The van der Waals surface area contributed by atoms with E-state index in [2.05, 4.69) is 5.32 Å². The molecule has 0 radical (unpaired) electrons. The van der Waals surface area contributed by atoms with E-state index < -0.39 is 23.2 Å². The Labute approximate surface area is 107 Å². The number of carboxylic acid groups (broad SMARTS) is 1. The lowest BCUT2D eigenvalue weighted by atomic mass is 10.1. The van der Waals surface area contributed by atoms with Crippen LogP contribution in [0.4, 0.5) is 0 Å². The zero-order valence-electron chi connectivity index (χ0n) is 11.2. The predicted molar refractivity (Wildman–Crippen MR) is 64.1 cm³/mol. The first-order chi connectivity index (χ1) is 8.36. The van der Waals surface area contributed by atoms with Gasteiger partial charge < -0.3 is 19.9 Å². The lowest BCUT2D eigenvalue weighted by molar-refractivity contribution is -0.140. The van der Waals surface area contributed by atoms with Gasteiger partial charge >= 0.3 is 5.97 Å². The van der Waals surface area contributed by atoms with Gasteiger partial charge in [0.1, 0.15) is 0 Å². The van der Waals surface area contributed by atoms with Crippen LogP contribution in [-0.4, -0.2) is 50.5 Å². The van der Waals surface area contributed by atoms with E-state index in [1.54, 1.807) is 21.0 Å². The number of methoxy groups -OCH3 is 2. The van der Waals surface area contributed by atoms with E-state index in [0.29, 0.717) is 13.2 Å². The SMILES string of the molecule is COCC(CNC(=O)[C@H]1[C@@H](C(=O)O)C1(C)C)OC. The van der Waals surface area contributed by atoms with Crippen molar-refractivity contribution in [3.05, 3.63) is 0 Å². The van der Waals surface area contributed by atoms with Gasteiger partial charge in [-0.05, 0) is 5.41 Å². The number of rotatable bonds is 7. The van der Waals surface area contributed by atoms with Gasteiger partial charge in [-0.25, -0.2) is 0 Å². The van der Waals surface area contributed by atoms with Crippen molar-refractivity contribution in [3.63, 3.8) is 0 Å². The summed E-state index contributed by atoms with van der Waals surface area (Å²) in [6.45, 7) is 4.28. The lowest BCUT2D eigenvalue weighted by Crippen LogP contribution is -2.37. The third-order valence-corrected chi connectivity index (χ3v) is 3.57. The van der Waals surface area contributed by atoms with Crippen LogP contribution < -0.4 is 5.32 Å². The number of carbonyl (C=O) groups is 2. The van der Waals surface area contributed by atoms with Gasteiger partial charge in [0, 0.05) is 20.8 Å². The van der Waals surface area contributed by atoms with Crippen molar-refractivity contribution < 1.29 is 24.2 Å². The number of carboxylic acids is 1. The average molecular weight is 259 g/mol. The van der Waals surface area contributed by atoms with Crippen LogP contribution >= 0.6 is 0 Å². The molecule has 0 aromatic heterocycles. The zero-order valence-corrected chi connectivity index (χ0v) is 11.2. The van der Waals surface area contributed by atoms with E-state index in [0.717, 1.165) is 0 Å². The number of hydrogen-bond donors (Lipinski definition) is 2. The van der Waals surface area contributed by atoms with Crippen molar-refractivity contribution in [1.29, 1.82) is 0 Å². The molecule has 0 aromatic rings. The highest BCUT2D eigenvalue weighted by Gasteiger charge is 2.65. The number of amides is 1. The highest BCUT2D eigenvalue weighted by atomic mass is 16.5. The summed E-state index contributed by atoms with van der Waals surface area (Å²) >= 11 is 0. The van der Waals surface area contributed by atoms with Crippen LogP contribution in [-0.2, 0) is 19.1 Å². The van der Waals surface area contributed by atoms with E-state index >= 15 is 0 Å². The molecule has 1 unspecified atom stereocenters. The summed E-state index contributed by atoms with van der Waals surface area (Å²) in [6, 6.07) is 0. The minimum Gasteiger partial charge on any atom is -0.481 e. The molecule has 1 amide bonds. The maximum Gasteiger partial charge on any atom is 0.307 e. The van der Waals surface area contributed by atoms with Gasteiger partial charge in [-0.15, -0.1) is 0 Å². The molecule has 0 bridgehead atoms. The first kappa shape index (κ1) is 14.9. The molecule has 0 spiro atoms. The summed E-state index contributed by atoms with van der Waals surface area (Å²) in [5.74, 6) is -2.21. The molecule has 2 N–H and O–H groups in total. The summed E-state index contributed by atoms with van der Waals surface area (Å²) in [5, 5.41) is 11.7.